The number of aromatic nitrogens is 3. The highest BCUT2D eigenvalue weighted by Crippen LogP contribution is 2.32. The average molecular weight is 260 g/mol. The van der Waals surface area contributed by atoms with Gasteiger partial charge in [0.1, 0.15) is 5.82 Å². The molecule has 0 saturated heterocycles. The van der Waals surface area contributed by atoms with Gasteiger partial charge in [0.25, 0.3) is 0 Å². The zero-order valence-electron chi connectivity index (χ0n) is 10.0. The number of fused-ring (bicyclic) bond motifs is 1. The van der Waals surface area contributed by atoms with Crippen molar-refractivity contribution in [1.29, 1.82) is 0 Å². The monoisotopic (exact) mass is 259 g/mol. The van der Waals surface area contributed by atoms with Gasteiger partial charge in [-0.05, 0) is 36.6 Å². The number of halogens is 1. The van der Waals surface area contributed by atoms with Gasteiger partial charge in [0.05, 0.1) is 0 Å². The second-order valence-electron chi connectivity index (χ2n) is 4.50. The Kier molecular flexibility index (Phi) is 2.92. The molecule has 2 aromatic rings. The minimum atomic E-state index is 0.317. The summed E-state index contributed by atoms with van der Waals surface area (Å²) >= 11 is 5.93. The maximum atomic E-state index is 5.93. The van der Waals surface area contributed by atoms with Crippen LogP contribution in [-0.2, 0) is 6.54 Å². The lowest BCUT2D eigenvalue weighted by atomic mass is 9.91. The van der Waals surface area contributed by atoms with Crippen LogP contribution in [0.15, 0.2) is 30.8 Å². The van der Waals surface area contributed by atoms with Gasteiger partial charge >= 0.3 is 0 Å². The van der Waals surface area contributed by atoms with E-state index >= 15 is 0 Å². The van der Waals surface area contributed by atoms with Gasteiger partial charge in [-0.2, -0.15) is 5.10 Å². The minimum Gasteiger partial charge on any atom is -0.249 e. The number of nitrogens with zero attached hydrogens (tertiary/aromatic N) is 3. The SMILES string of the molecule is C=Cc1nc2n(n1)CCC[C@H]2c1ccc(Cl)cc1. The maximum absolute atomic E-state index is 5.93. The smallest absolute Gasteiger partial charge is 0.173 e. The Labute approximate surface area is 111 Å². The van der Waals surface area contributed by atoms with Gasteiger partial charge in [-0.1, -0.05) is 30.3 Å². The molecular weight excluding hydrogens is 246 g/mol. The third-order valence-corrected chi connectivity index (χ3v) is 3.60. The summed E-state index contributed by atoms with van der Waals surface area (Å²) in [6, 6.07) is 8.01. The van der Waals surface area contributed by atoms with Crippen LogP contribution in [0.1, 0.15) is 36.0 Å². The van der Waals surface area contributed by atoms with Crippen molar-refractivity contribution in [3.05, 3.63) is 53.1 Å². The van der Waals surface area contributed by atoms with Gasteiger partial charge in [0.15, 0.2) is 5.82 Å². The third kappa shape index (κ3) is 1.95. The Morgan fingerprint density at radius 3 is 2.83 bits per heavy atom. The molecule has 0 N–H and O–H groups in total. The molecule has 3 rings (SSSR count). The molecule has 1 aromatic carbocycles. The summed E-state index contributed by atoms with van der Waals surface area (Å²) in [5, 5.41) is 5.19. The summed E-state index contributed by atoms with van der Waals surface area (Å²) in [7, 11) is 0. The number of rotatable bonds is 2. The first-order chi connectivity index (χ1) is 8.78. The normalized spacial score (nSPS) is 18.4. The van der Waals surface area contributed by atoms with Crippen molar-refractivity contribution in [2.45, 2.75) is 25.3 Å². The molecule has 0 aliphatic carbocycles. The summed E-state index contributed by atoms with van der Waals surface area (Å²) in [4.78, 5) is 4.55. The molecule has 0 amide bonds. The van der Waals surface area contributed by atoms with E-state index in [9.17, 15) is 0 Å². The van der Waals surface area contributed by atoms with E-state index in [4.69, 9.17) is 11.6 Å². The highest BCUT2D eigenvalue weighted by molar-refractivity contribution is 6.30. The van der Waals surface area contributed by atoms with E-state index in [2.05, 4.69) is 28.8 Å². The number of hydrogen-bond donors (Lipinski definition) is 0. The van der Waals surface area contributed by atoms with Gasteiger partial charge in [-0.15, -0.1) is 0 Å². The topological polar surface area (TPSA) is 30.7 Å². The van der Waals surface area contributed by atoms with E-state index < -0.39 is 0 Å². The summed E-state index contributed by atoms with van der Waals surface area (Å²) in [6.45, 7) is 4.67. The van der Waals surface area contributed by atoms with E-state index in [0.717, 1.165) is 30.2 Å². The molecule has 1 aliphatic heterocycles. The van der Waals surface area contributed by atoms with Crippen molar-refractivity contribution >= 4 is 17.7 Å². The quantitative estimate of drug-likeness (QED) is 0.826. The van der Waals surface area contributed by atoms with Crippen LogP contribution in [0.5, 0.6) is 0 Å². The van der Waals surface area contributed by atoms with Gasteiger partial charge in [0, 0.05) is 17.5 Å². The molecule has 18 heavy (non-hydrogen) atoms. The molecule has 0 bridgehead atoms. The molecule has 1 aromatic heterocycles. The lowest BCUT2D eigenvalue weighted by molar-refractivity contribution is 0.445. The number of hydrogen-bond acceptors (Lipinski definition) is 2. The first-order valence-corrected chi connectivity index (χ1v) is 6.48. The Hall–Kier alpha value is -1.61. The van der Waals surface area contributed by atoms with Crippen molar-refractivity contribution in [1.82, 2.24) is 14.8 Å². The Morgan fingerprint density at radius 1 is 1.33 bits per heavy atom. The van der Waals surface area contributed by atoms with E-state index in [1.54, 1.807) is 6.08 Å². The lowest BCUT2D eigenvalue weighted by Gasteiger charge is -2.22. The molecule has 1 atom stereocenters. The Bertz CT molecular complexity index is 571. The molecule has 0 unspecified atom stereocenters. The van der Waals surface area contributed by atoms with E-state index in [1.165, 1.54) is 5.56 Å². The van der Waals surface area contributed by atoms with Crippen molar-refractivity contribution < 1.29 is 0 Å². The molecule has 0 saturated carbocycles. The van der Waals surface area contributed by atoms with E-state index in [0.29, 0.717) is 11.7 Å². The van der Waals surface area contributed by atoms with E-state index in [-0.39, 0.29) is 0 Å². The number of benzene rings is 1. The fourth-order valence-corrected chi connectivity index (χ4v) is 2.59. The molecule has 92 valence electrons. The Balaban J connectivity index is 2.02. The van der Waals surface area contributed by atoms with Gasteiger partial charge in [-0.25, -0.2) is 9.67 Å². The second kappa shape index (κ2) is 4.58. The van der Waals surface area contributed by atoms with Crippen LogP contribution in [0.2, 0.25) is 5.02 Å². The van der Waals surface area contributed by atoms with Crippen LogP contribution >= 0.6 is 11.6 Å². The molecule has 1 aliphatic rings. The fraction of sp³-hybridized carbons (Fsp3) is 0.286. The van der Waals surface area contributed by atoms with Crippen molar-refractivity contribution in [2.75, 3.05) is 0 Å². The molecule has 3 nitrogen and oxygen atoms in total. The fourth-order valence-electron chi connectivity index (χ4n) is 2.47. The predicted molar refractivity (Wildman–Crippen MR) is 72.6 cm³/mol. The standard InChI is InChI=1S/C14H14ClN3/c1-2-13-16-14-12(4-3-9-18(14)17-13)10-5-7-11(15)8-6-10/h2,5-8,12H,1,3-4,9H2/t12-/m0/s1. The molecule has 0 radical (unpaired) electrons. The first kappa shape index (κ1) is 11.5. The van der Waals surface area contributed by atoms with Crippen LogP contribution in [0, 0.1) is 0 Å². The number of aryl methyl sites for hydroxylation is 1. The predicted octanol–water partition coefficient (Wildman–Crippen LogP) is 3.50. The maximum Gasteiger partial charge on any atom is 0.173 e. The van der Waals surface area contributed by atoms with Crippen LogP contribution in [0.3, 0.4) is 0 Å². The van der Waals surface area contributed by atoms with Gasteiger partial charge in [-0.3, -0.25) is 0 Å². The molecular formula is C14H14ClN3. The molecule has 0 spiro atoms. The summed E-state index contributed by atoms with van der Waals surface area (Å²) < 4.78 is 2.00. The summed E-state index contributed by atoms with van der Waals surface area (Å²) in [5.41, 5.74) is 1.25. The van der Waals surface area contributed by atoms with Gasteiger partial charge in [0.2, 0.25) is 0 Å². The van der Waals surface area contributed by atoms with Crippen LogP contribution in [-0.4, -0.2) is 14.8 Å². The van der Waals surface area contributed by atoms with Crippen molar-refractivity contribution in [3.63, 3.8) is 0 Å². The van der Waals surface area contributed by atoms with Crippen LogP contribution in [0.4, 0.5) is 0 Å². The minimum absolute atomic E-state index is 0.317. The zero-order chi connectivity index (χ0) is 12.5. The van der Waals surface area contributed by atoms with Crippen molar-refractivity contribution in [2.24, 2.45) is 0 Å². The third-order valence-electron chi connectivity index (χ3n) is 3.35. The van der Waals surface area contributed by atoms with E-state index in [1.807, 2.05) is 16.8 Å². The van der Waals surface area contributed by atoms with Crippen LogP contribution < -0.4 is 0 Å². The first-order valence-electron chi connectivity index (χ1n) is 6.10. The largest absolute Gasteiger partial charge is 0.249 e. The Morgan fingerprint density at radius 2 is 2.11 bits per heavy atom. The van der Waals surface area contributed by atoms with Gasteiger partial charge < -0.3 is 0 Å². The molecule has 0 fully saturated rings. The lowest BCUT2D eigenvalue weighted by Crippen LogP contribution is -2.17. The molecule has 4 heteroatoms. The molecule has 2 heterocycles. The van der Waals surface area contributed by atoms with Crippen LogP contribution in [0.25, 0.3) is 6.08 Å². The van der Waals surface area contributed by atoms with Crippen molar-refractivity contribution in [3.8, 4) is 0 Å². The zero-order valence-corrected chi connectivity index (χ0v) is 10.8. The summed E-state index contributed by atoms with van der Waals surface area (Å²) in [6.07, 6.45) is 3.93. The second-order valence-corrected chi connectivity index (χ2v) is 4.94. The highest BCUT2D eigenvalue weighted by atomic mass is 35.5. The highest BCUT2D eigenvalue weighted by Gasteiger charge is 2.25. The average Bonchev–Trinajstić information content (AvgIpc) is 2.82. The summed E-state index contributed by atoms with van der Waals surface area (Å²) in [5.74, 6) is 2.07.